The molecule has 2 aromatic rings. The molecule has 1 amide bonds. The Morgan fingerprint density at radius 3 is 2.95 bits per heavy atom. The average molecular weight is 260 g/mol. The third-order valence-corrected chi connectivity index (χ3v) is 2.65. The van der Waals surface area contributed by atoms with Gasteiger partial charge in [0.15, 0.2) is 0 Å². The Kier molecular flexibility index (Phi) is 3.56. The first kappa shape index (κ1) is 12.7. The lowest BCUT2D eigenvalue weighted by Crippen LogP contribution is -2.24. The van der Waals surface area contributed by atoms with Gasteiger partial charge >= 0.3 is 0 Å². The zero-order chi connectivity index (χ0) is 13.8. The van der Waals surface area contributed by atoms with Crippen molar-refractivity contribution in [2.24, 2.45) is 7.05 Å². The molecule has 0 aliphatic carbocycles. The van der Waals surface area contributed by atoms with Crippen molar-refractivity contribution >= 4 is 11.6 Å². The zero-order valence-electron chi connectivity index (χ0n) is 10.2. The number of aryl methyl sites for hydroxylation is 1. The molecule has 0 atom stereocenters. The Morgan fingerprint density at radius 1 is 1.53 bits per heavy atom. The standard InChI is InChI=1S/C12H12N4O3/c1-15-6-5-13-11(15)8-14-12(17)9-3-2-4-10(7-9)16(18)19/h2-7H,8H2,1H3,(H,14,17). The second-order valence-electron chi connectivity index (χ2n) is 3.94. The van der Waals surface area contributed by atoms with Crippen molar-refractivity contribution in [2.75, 3.05) is 0 Å². The predicted octanol–water partition coefficient (Wildman–Crippen LogP) is 1.26. The van der Waals surface area contributed by atoms with Crippen LogP contribution >= 0.6 is 0 Å². The molecule has 0 aliphatic heterocycles. The number of non-ortho nitro benzene ring substituents is 1. The molecule has 0 unspecified atom stereocenters. The molecule has 0 fully saturated rings. The molecule has 98 valence electrons. The van der Waals surface area contributed by atoms with Crippen LogP contribution in [0, 0.1) is 10.1 Å². The smallest absolute Gasteiger partial charge is 0.270 e. The largest absolute Gasteiger partial charge is 0.345 e. The minimum Gasteiger partial charge on any atom is -0.345 e. The first-order valence-electron chi connectivity index (χ1n) is 5.57. The van der Waals surface area contributed by atoms with Crippen molar-refractivity contribution in [1.29, 1.82) is 0 Å². The molecular weight excluding hydrogens is 248 g/mol. The SMILES string of the molecule is Cn1ccnc1CNC(=O)c1cccc([N+](=O)[O-])c1. The van der Waals surface area contributed by atoms with Crippen molar-refractivity contribution in [3.63, 3.8) is 0 Å². The van der Waals surface area contributed by atoms with Crippen LogP contribution in [0.15, 0.2) is 36.7 Å². The highest BCUT2D eigenvalue weighted by atomic mass is 16.6. The number of hydrogen-bond acceptors (Lipinski definition) is 4. The van der Waals surface area contributed by atoms with Crippen LogP contribution in [0.4, 0.5) is 5.69 Å². The maximum Gasteiger partial charge on any atom is 0.270 e. The number of imidazole rings is 1. The van der Waals surface area contributed by atoms with Gasteiger partial charge in [0.1, 0.15) is 5.82 Å². The van der Waals surface area contributed by atoms with Gasteiger partial charge in [-0.15, -0.1) is 0 Å². The third kappa shape index (κ3) is 2.95. The van der Waals surface area contributed by atoms with Gasteiger partial charge in [-0.2, -0.15) is 0 Å². The number of carbonyl (C=O) groups is 1. The number of nitrogens with one attached hydrogen (secondary N) is 1. The minimum absolute atomic E-state index is 0.107. The summed E-state index contributed by atoms with van der Waals surface area (Å²) in [5.74, 6) is 0.338. The molecule has 2 rings (SSSR count). The first-order chi connectivity index (χ1) is 9.08. The van der Waals surface area contributed by atoms with E-state index in [1.807, 2.05) is 7.05 Å². The van der Waals surface area contributed by atoms with E-state index in [-0.39, 0.29) is 23.7 Å². The molecule has 1 N–H and O–H groups in total. The Bertz CT molecular complexity index is 621. The number of amides is 1. The van der Waals surface area contributed by atoms with Gasteiger partial charge in [-0.05, 0) is 6.07 Å². The van der Waals surface area contributed by atoms with Crippen LogP contribution in [0.1, 0.15) is 16.2 Å². The van der Waals surface area contributed by atoms with E-state index in [9.17, 15) is 14.9 Å². The third-order valence-electron chi connectivity index (χ3n) is 2.65. The number of nitro benzene ring substituents is 1. The van der Waals surface area contributed by atoms with Crippen LogP contribution in [0.25, 0.3) is 0 Å². The second kappa shape index (κ2) is 5.30. The van der Waals surface area contributed by atoms with Crippen LogP contribution in [-0.2, 0) is 13.6 Å². The number of nitrogens with zero attached hydrogens (tertiary/aromatic N) is 3. The van der Waals surface area contributed by atoms with Gasteiger partial charge in [0.2, 0.25) is 0 Å². The van der Waals surface area contributed by atoms with Crippen molar-refractivity contribution in [3.8, 4) is 0 Å². The van der Waals surface area contributed by atoms with Crippen molar-refractivity contribution in [2.45, 2.75) is 6.54 Å². The predicted molar refractivity (Wildman–Crippen MR) is 67.5 cm³/mol. The highest BCUT2D eigenvalue weighted by Crippen LogP contribution is 2.12. The van der Waals surface area contributed by atoms with E-state index in [2.05, 4.69) is 10.3 Å². The van der Waals surface area contributed by atoms with E-state index in [1.165, 1.54) is 24.3 Å². The first-order valence-corrected chi connectivity index (χ1v) is 5.57. The van der Waals surface area contributed by atoms with E-state index in [0.29, 0.717) is 5.82 Å². The van der Waals surface area contributed by atoms with Crippen LogP contribution in [0.3, 0.4) is 0 Å². The Labute approximate surface area is 109 Å². The lowest BCUT2D eigenvalue weighted by atomic mass is 10.2. The van der Waals surface area contributed by atoms with Crippen LogP contribution in [-0.4, -0.2) is 20.4 Å². The fraction of sp³-hybridized carbons (Fsp3) is 0.167. The highest BCUT2D eigenvalue weighted by Gasteiger charge is 2.11. The molecule has 7 heteroatoms. The second-order valence-corrected chi connectivity index (χ2v) is 3.94. The summed E-state index contributed by atoms with van der Waals surface area (Å²) in [6, 6.07) is 5.60. The van der Waals surface area contributed by atoms with Gasteiger partial charge in [0.25, 0.3) is 11.6 Å². The van der Waals surface area contributed by atoms with E-state index in [1.54, 1.807) is 17.0 Å². The molecule has 0 aliphatic rings. The summed E-state index contributed by atoms with van der Waals surface area (Å²) in [5.41, 5.74) is 0.146. The van der Waals surface area contributed by atoms with Gasteiger partial charge in [0.05, 0.1) is 11.5 Å². The molecule has 1 aromatic carbocycles. The summed E-state index contributed by atoms with van der Waals surface area (Å²) >= 11 is 0. The lowest BCUT2D eigenvalue weighted by molar-refractivity contribution is -0.384. The van der Waals surface area contributed by atoms with Gasteiger partial charge in [-0.25, -0.2) is 4.98 Å². The fourth-order valence-corrected chi connectivity index (χ4v) is 1.59. The molecule has 7 nitrogen and oxygen atoms in total. The van der Waals surface area contributed by atoms with E-state index < -0.39 is 4.92 Å². The molecule has 1 aromatic heterocycles. The number of rotatable bonds is 4. The summed E-state index contributed by atoms with van der Waals surface area (Å²) in [6.07, 6.45) is 3.41. The number of carbonyl (C=O) groups excluding carboxylic acids is 1. The lowest BCUT2D eigenvalue weighted by Gasteiger charge is -2.05. The summed E-state index contributed by atoms with van der Waals surface area (Å²) < 4.78 is 1.79. The topological polar surface area (TPSA) is 90.1 Å². The highest BCUT2D eigenvalue weighted by molar-refractivity contribution is 5.94. The van der Waals surface area contributed by atoms with E-state index >= 15 is 0 Å². The fourth-order valence-electron chi connectivity index (χ4n) is 1.59. The van der Waals surface area contributed by atoms with Gasteiger partial charge in [0, 0.05) is 37.1 Å². The van der Waals surface area contributed by atoms with Crippen LogP contribution in [0.2, 0.25) is 0 Å². The van der Waals surface area contributed by atoms with Gasteiger partial charge < -0.3 is 9.88 Å². The summed E-state index contributed by atoms with van der Waals surface area (Å²) in [5, 5.41) is 13.3. The number of benzene rings is 1. The van der Waals surface area contributed by atoms with Crippen molar-refractivity contribution in [3.05, 3.63) is 58.2 Å². The van der Waals surface area contributed by atoms with Crippen molar-refractivity contribution < 1.29 is 9.72 Å². The molecule has 0 saturated carbocycles. The van der Waals surface area contributed by atoms with E-state index in [4.69, 9.17) is 0 Å². The summed E-state index contributed by atoms with van der Waals surface area (Å²) in [7, 11) is 1.82. The molecular formula is C12H12N4O3. The molecule has 19 heavy (non-hydrogen) atoms. The number of nitro groups is 1. The maximum atomic E-state index is 11.9. The molecule has 0 spiro atoms. The zero-order valence-corrected chi connectivity index (χ0v) is 10.2. The molecule has 1 heterocycles. The normalized spacial score (nSPS) is 10.2. The monoisotopic (exact) mass is 260 g/mol. The number of hydrogen-bond donors (Lipinski definition) is 1. The minimum atomic E-state index is -0.532. The van der Waals surface area contributed by atoms with Gasteiger partial charge in [-0.1, -0.05) is 6.07 Å². The van der Waals surface area contributed by atoms with Crippen LogP contribution < -0.4 is 5.32 Å². The summed E-state index contributed by atoms with van der Waals surface area (Å²) in [6.45, 7) is 0.269. The Hall–Kier alpha value is -2.70. The Morgan fingerprint density at radius 2 is 2.32 bits per heavy atom. The molecule has 0 radical (unpaired) electrons. The number of aromatic nitrogens is 2. The van der Waals surface area contributed by atoms with Crippen molar-refractivity contribution in [1.82, 2.24) is 14.9 Å². The molecule has 0 bridgehead atoms. The molecule has 0 saturated heterocycles. The van der Waals surface area contributed by atoms with Crippen LogP contribution in [0.5, 0.6) is 0 Å². The van der Waals surface area contributed by atoms with Gasteiger partial charge in [-0.3, -0.25) is 14.9 Å². The average Bonchev–Trinajstić information content (AvgIpc) is 2.81. The van der Waals surface area contributed by atoms with E-state index in [0.717, 1.165) is 0 Å². The Balaban J connectivity index is 2.06. The maximum absolute atomic E-state index is 11.9. The summed E-state index contributed by atoms with van der Waals surface area (Å²) in [4.78, 5) is 26.0. The quantitative estimate of drug-likeness (QED) is 0.661.